The zero-order valence-corrected chi connectivity index (χ0v) is 14.0. The van der Waals surface area contributed by atoms with E-state index in [1.807, 2.05) is 48.5 Å². The van der Waals surface area contributed by atoms with Crippen LogP contribution in [0.4, 0.5) is 0 Å². The molecule has 0 saturated carbocycles. The molecule has 0 fully saturated rings. The lowest BCUT2D eigenvalue weighted by Crippen LogP contribution is -2.39. The zero-order chi connectivity index (χ0) is 16.6. The maximum absolute atomic E-state index is 6.54. The van der Waals surface area contributed by atoms with Gasteiger partial charge in [-0.25, -0.2) is 0 Å². The molecule has 1 atom stereocenters. The second-order valence-electron chi connectivity index (χ2n) is 6.11. The minimum atomic E-state index is -0.530. The summed E-state index contributed by atoms with van der Waals surface area (Å²) in [6.45, 7) is 0.414. The molecule has 0 radical (unpaired) electrons. The Morgan fingerprint density at radius 3 is 2.25 bits per heavy atom. The summed E-state index contributed by atoms with van der Waals surface area (Å²) in [7, 11) is 0. The van der Waals surface area contributed by atoms with Gasteiger partial charge in [0, 0.05) is 29.1 Å². The van der Waals surface area contributed by atoms with Crippen molar-refractivity contribution in [2.24, 2.45) is 5.73 Å². The third-order valence-electron chi connectivity index (χ3n) is 4.68. The summed E-state index contributed by atoms with van der Waals surface area (Å²) in [6.07, 6.45) is 0.716. The van der Waals surface area contributed by atoms with Gasteiger partial charge >= 0.3 is 0 Å². The van der Waals surface area contributed by atoms with E-state index in [0.29, 0.717) is 13.0 Å². The number of benzene rings is 3. The first-order valence-electron chi connectivity index (χ1n) is 8.05. The Morgan fingerprint density at radius 1 is 0.917 bits per heavy atom. The topological polar surface area (TPSA) is 35.2 Å². The highest BCUT2D eigenvalue weighted by Gasteiger charge is 2.41. The summed E-state index contributed by atoms with van der Waals surface area (Å²) in [6, 6.07) is 24.2. The highest BCUT2D eigenvalue weighted by molar-refractivity contribution is 6.33. The Bertz CT molecular complexity index is 864. The fraction of sp³-hybridized carbons (Fsp3) is 0.143. The van der Waals surface area contributed by atoms with Crippen LogP contribution in [0, 0.1) is 0 Å². The van der Waals surface area contributed by atoms with Gasteiger partial charge in [0.05, 0.1) is 0 Å². The highest BCUT2D eigenvalue weighted by atomic mass is 35.5. The molecule has 1 aliphatic rings. The van der Waals surface area contributed by atoms with E-state index in [1.165, 1.54) is 0 Å². The molecule has 3 aromatic rings. The molecule has 0 bridgehead atoms. The second kappa shape index (κ2) is 5.97. The first-order valence-corrected chi connectivity index (χ1v) is 8.43. The second-order valence-corrected chi connectivity index (χ2v) is 6.52. The molecule has 0 spiro atoms. The van der Waals surface area contributed by atoms with Crippen molar-refractivity contribution < 1.29 is 4.74 Å². The van der Waals surface area contributed by atoms with E-state index in [-0.39, 0.29) is 0 Å². The number of nitrogens with two attached hydrogens (primary N) is 1. The average Bonchev–Trinajstić information content (AvgIpc) is 3.03. The molecule has 3 aromatic carbocycles. The van der Waals surface area contributed by atoms with Crippen LogP contribution in [0.25, 0.3) is 11.1 Å². The molecule has 0 aromatic heterocycles. The molecule has 4 rings (SSSR count). The normalized spacial score (nSPS) is 18.9. The summed E-state index contributed by atoms with van der Waals surface area (Å²) in [4.78, 5) is 0. The van der Waals surface area contributed by atoms with E-state index in [1.54, 1.807) is 0 Å². The van der Waals surface area contributed by atoms with Crippen LogP contribution in [0.5, 0.6) is 5.75 Å². The van der Waals surface area contributed by atoms with Crippen LogP contribution in [0.3, 0.4) is 0 Å². The van der Waals surface area contributed by atoms with Crippen LogP contribution < -0.4 is 10.5 Å². The Morgan fingerprint density at radius 2 is 1.58 bits per heavy atom. The van der Waals surface area contributed by atoms with E-state index >= 15 is 0 Å². The molecule has 3 heteroatoms. The number of hydrogen-bond acceptors (Lipinski definition) is 2. The first-order chi connectivity index (χ1) is 11.7. The van der Waals surface area contributed by atoms with Crippen LogP contribution in [-0.2, 0) is 12.0 Å². The first kappa shape index (κ1) is 15.3. The van der Waals surface area contributed by atoms with Gasteiger partial charge in [0.2, 0.25) is 0 Å². The Kier molecular flexibility index (Phi) is 3.79. The van der Waals surface area contributed by atoms with E-state index in [2.05, 4.69) is 24.3 Å². The predicted molar refractivity (Wildman–Crippen MR) is 98.4 cm³/mol. The minimum Gasteiger partial charge on any atom is -0.481 e. The Labute approximate surface area is 146 Å². The molecule has 0 saturated heterocycles. The molecule has 1 unspecified atom stereocenters. The number of fused-ring (bicyclic) bond motifs is 1. The summed E-state index contributed by atoms with van der Waals surface area (Å²) in [5.41, 5.74) is 9.99. The van der Waals surface area contributed by atoms with Crippen molar-refractivity contribution >= 4 is 11.6 Å². The lowest BCUT2D eigenvalue weighted by atomic mass is 9.86. The van der Waals surface area contributed by atoms with Crippen molar-refractivity contribution in [3.63, 3.8) is 0 Å². The molecular weight excluding hydrogens is 318 g/mol. The maximum Gasteiger partial charge on any atom is 0.150 e. The van der Waals surface area contributed by atoms with Crippen LogP contribution in [0.1, 0.15) is 11.1 Å². The summed E-state index contributed by atoms with van der Waals surface area (Å²) >= 11 is 6.54. The molecule has 1 aliphatic heterocycles. The predicted octanol–water partition coefficient (Wildman–Crippen LogP) is 4.80. The van der Waals surface area contributed by atoms with Crippen molar-refractivity contribution in [3.8, 4) is 16.9 Å². The lowest BCUT2D eigenvalue weighted by molar-refractivity contribution is 0.103. The molecule has 2 N–H and O–H groups in total. The van der Waals surface area contributed by atoms with E-state index in [9.17, 15) is 0 Å². The fourth-order valence-electron chi connectivity index (χ4n) is 3.45. The summed E-state index contributed by atoms with van der Waals surface area (Å²) in [5.74, 6) is 0.868. The smallest absolute Gasteiger partial charge is 0.150 e. The molecule has 24 heavy (non-hydrogen) atoms. The van der Waals surface area contributed by atoms with Crippen LogP contribution in [-0.4, -0.2) is 6.54 Å². The quantitative estimate of drug-likeness (QED) is 0.746. The summed E-state index contributed by atoms with van der Waals surface area (Å²) in [5, 5.41) is 0.740. The van der Waals surface area contributed by atoms with E-state index in [4.69, 9.17) is 22.1 Å². The van der Waals surface area contributed by atoms with Gasteiger partial charge in [0.25, 0.3) is 0 Å². The third kappa shape index (κ3) is 2.39. The van der Waals surface area contributed by atoms with Crippen molar-refractivity contribution in [2.45, 2.75) is 12.0 Å². The van der Waals surface area contributed by atoms with E-state index < -0.39 is 5.60 Å². The standard InChI is InChI=1S/C21H18ClNO/c22-18-11-12-19-17(20(18)15-7-3-1-4-8-15)13-21(14-23,24-19)16-9-5-2-6-10-16/h1-12H,13-14,23H2. The van der Waals surface area contributed by atoms with Crippen LogP contribution in [0.2, 0.25) is 5.02 Å². The van der Waals surface area contributed by atoms with Gasteiger partial charge in [-0.3, -0.25) is 0 Å². The fourth-order valence-corrected chi connectivity index (χ4v) is 3.74. The van der Waals surface area contributed by atoms with Gasteiger partial charge < -0.3 is 10.5 Å². The van der Waals surface area contributed by atoms with Gasteiger partial charge in [-0.2, -0.15) is 0 Å². The number of rotatable bonds is 3. The van der Waals surface area contributed by atoms with Crippen molar-refractivity contribution in [3.05, 3.63) is 88.9 Å². The average molecular weight is 336 g/mol. The van der Waals surface area contributed by atoms with Gasteiger partial charge in [-0.15, -0.1) is 0 Å². The largest absolute Gasteiger partial charge is 0.481 e. The maximum atomic E-state index is 6.54. The Hall–Kier alpha value is -2.29. The SMILES string of the molecule is NCC1(c2ccccc2)Cc2c(ccc(Cl)c2-c2ccccc2)O1. The minimum absolute atomic E-state index is 0.414. The Balaban J connectivity index is 1.85. The lowest BCUT2D eigenvalue weighted by Gasteiger charge is -2.27. The molecule has 120 valence electrons. The molecule has 2 nitrogen and oxygen atoms in total. The zero-order valence-electron chi connectivity index (χ0n) is 13.2. The highest BCUT2D eigenvalue weighted by Crippen LogP contribution is 2.47. The number of ether oxygens (including phenoxy) is 1. The van der Waals surface area contributed by atoms with Gasteiger partial charge in [0.15, 0.2) is 5.60 Å². The van der Waals surface area contributed by atoms with Crippen molar-refractivity contribution in [2.75, 3.05) is 6.54 Å². The van der Waals surface area contributed by atoms with Crippen molar-refractivity contribution in [1.29, 1.82) is 0 Å². The molecular formula is C21H18ClNO. The molecule has 0 aliphatic carbocycles. The molecule has 0 amide bonds. The van der Waals surface area contributed by atoms with Crippen LogP contribution >= 0.6 is 11.6 Å². The van der Waals surface area contributed by atoms with E-state index in [0.717, 1.165) is 33.0 Å². The molecule has 1 heterocycles. The number of halogens is 1. The van der Waals surface area contributed by atoms with Gasteiger partial charge in [0.1, 0.15) is 5.75 Å². The summed E-state index contributed by atoms with van der Waals surface area (Å²) < 4.78 is 6.36. The van der Waals surface area contributed by atoms with Crippen molar-refractivity contribution in [1.82, 2.24) is 0 Å². The number of hydrogen-bond donors (Lipinski definition) is 1. The van der Waals surface area contributed by atoms with Gasteiger partial charge in [-0.05, 0) is 23.3 Å². The van der Waals surface area contributed by atoms with Crippen LogP contribution in [0.15, 0.2) is 72.8 Å². The monoisotopic (exact) mass is 335 g/mol. The third-order valence-corrected chi connectivity index (χ3v) is 4.99. The van der Waals surface area contributed by atoms with Gasteiger partial charge in [-0.1, -0.05) is 72.3 Å².